The summed E-state index contributed by atoms with van der Waals surface area (Å²) in [4.78, 5) is 11.8. The fourth-order valence-electron chi connectivity index (χ4n) is 2.75. The van der Waals surface area contributed by atoms with Gasteiger partial charge in [0.15, 0.2) is 6.10 Å². The Balaban J connectivity index is 2.34. The molecular weight excluding hydrogens is 244 g/mol. The van der Waals surface area contributed by atoms with E-state index in [2.05, 4.69) is 0 Å². The van der Waals surface area contributed by atoms with Gasteiger partial charge in [-0.1, -0.05) is 24.6 Å². The Bertz CT molecular complexity index is 451. The molecular formula is C15H20O4. The molecule has 2 rings (SSSR count). The molecule has 1 aromatic carbocycles. The van der Waals surface area contributed by atoms with Crippen molar-refractivity contribution in [3.05, 3.63) is 29.8 Å². The number of esters is 1. The van der Waals surface area contributed by atoms with Gasteiger partial charge in [-0.3, -0.25) is 0 Å². The molecule has 1 fully saturated rings. The van der Waals surface area contributed by atoms with Crippen molar-refractivity contribution in [2.24, 2.45) is 0 Å². The van der Waals surface area contributed by atoms with Crippen molar-refractivity contribution in [3.63, 3.8) is 0 Å². The number of ether oxygens (including phenoxy) is 2. The third-order valence-electron chi connectivity index (χ3n) is 3.92. The molecule has 1 saturated carbocycles. The number of aliphatic hydroxyl groups is 1. The number of aliphatic hydroxyl groups excluding tert-OH is 1. The molecule has 1 unspecified atom stereocenters. The first kappa shape index (κ1) is 13.9. The summed E-state index contributed by atoms with van der Waals surface area (Å²) < 4.78 is 10.3. The first-order valence-electron chi connectivity index (χ1n) is 6.64. The van der Waals surface area contributed by atoms with Crippen LogP contribution < -0.4 is 4.74 Å². The van der Waals surface area contributed by atoms with E-state index in [0.29, 0.717) is 5.75 Å². The van der Waals surface area contributed by atoms with Gasteiger partial charge in [0.05, 0.1) is 13.7 Å². The molecule has 4 heteroatoms. The van der Waals surface area contributed by atoms with Crippen molar-refractivity contribution < 1.29 is 19.4 Å². The Kier molecular flexibility index (Phi) is 4.10. The molecule has 0 amide bonds. The van der Waals surface area contributed by atoms with E-state index in [1.54, 1.807) is 14.0 Å². The lowest BCUT2D eigenvalue weighted by atomic mass is 9.61. The standard InChI is InChI=1S/C15H20O4/c1-3-19-14(17)13(16)15(9-6-10-15)11-7-4-5-8-12(11)18-2/h4-5,7-8,13,16H,3,6,9-10H2,1-2H3. The number of para-hydroxylation sites is 1. The number of benzene rings is 1. The molecule has 19 heavy (non-hydrogen) atoms. The summed E-state index contributed by atoms with van der Waals surface area (Å²) in [6.07, 6.45) is 1.41. The molecule has 104 valence electrons. The van der Waals surface area contributed by atoms with Crippen LogP contribution in [-0.4, -0.2) is 30.9 Å². The van der Waals surface area contributed by atoms with Crippen LogP contribution in [0.25, 0.3) is 0 Å². The average molecular weight is 264 g/mol. The van der Waals surface area contributed by atoms with Crippen LogP contribution >= 0.6 is 0 Å². The fourth-order valence-corrected chi connectivity index (χ4v) is 2.75. The minimum absolute atomic E-state index is 0.276. The van der Waals surface area contributed by atoms with Gasteiger partial charge in [0, 0.05) is 11.0 Å². The number of methoxy groups -OCH3 is 1. The first-order chi connectivity index (χ1) is 9.15. The van der Waals surface area contributed by atoms with Gasteiger partial charge in [-0.25, -0.2) is 4.79 Å². The summed E-state index contributed by atoms with van der Waals surface area (Å²) in [6, 6.07) is 7.55. The molecule has 1 atom stereocenters. The van der Waals surface area contributed by atoms with Crippen molar-refractivity contribution in [2.45, 2.75) is 37.7 Å². The van der Waals surface area contributed by atoms with E-state index in [9.17, 15) is 9.90 Å². The molecule has 4 nitrogen and oxygen atoms in total. The SMILES string of the molecule is CCOC(=O)C(O)C1(c2ccccc2OC)CCC1. The van der Waals surface area contributed by atoms with Crippen LogP contribution in [0.4, 0.5) is 0 Å². The van der Waals surface area contributed by atoms with E-state index in [-0.39, 0.29) is 6.61 Å². The maximum Gasteiger partial charge on any atom is 0.335 e. The van der Waals surface area contributed by atoms with Crippen LogP contribution in [0.3, 0.4) is 0 Å². The lowest BCUT2D eigenvalue weighted by Crippen LogP contribution is -2.50. The highest BCUT2D eigenvalue weighted by atomic mass is 16.5. The van der Waals surface area contributed by atoms with Gasteiger partial charge >= 0.3 is 5.97 Å². The molecule has 0 saturated heterocycles. The van der Waals surface area contributed by atoms with Crippen molar-refractivity contribution in [3.8, 4) is 5.75 Å². The zero-order valence-corrected chi connectivity index (χ0v) is 11.4. The number of carbonyl (C=O) groups is 1. The summed E-state index contributed by atoms with van der Waals surface area (Å²) in [5.74, 6) is 0.165. The topological polar surface area (TPSA) is 55.8 Å². The van der Waals surface area contributed by atoms with E-state index in [1.807, 2.05) is 24.3 Å². The van der Waals surface area contributed by atoms with Gasteiger partial charge in [-0.05, 0) is 25.8 Å². The van der Waals surface area contributed by atoms with Crippen molar-refractivity contribution in [1.29, 1.82) is 0 Å². The molecule has 1 aromatic rings. The summed E-state index contributed by atoms with van der Waals surface area (Å²) in [7, 11) is 1.60. The van der Waals surface area contributed by atoms with Crippen LogP contribution in [0, 0.1) is 0 Å². The van der Waals surface area contributed by atoms with Crippen LogP contribution in [0.5, 0.6) is 5.75 Å². The second-order valence-electron chi connectivity index (χ2n) is 4.86. The predicted molar refractivity (Wildman–Crippen MR) is 71.2 cm³/mol. The fraction of sp³-hybridized carbons (Fsp3) is 0.533. The van der Waals surface area contributed by atoms with Gasteiger partial charge in [0.2, 0.25) is 0 Å². The second-order valence-corrected chi connectivity index (χ2v) is 4.86. The lowest BCUT2D eigenvalue weighted by molar-refractivity contribution is -0.160. The Hall–Kier alpha value is -1.55. The molecule has 0 spiro atoms. The van der Waals surface area contributed by atoms with Gasteiger partial charge in [0.1, 0.15) is 5.75 Å². The first-order valence-corrected chi connectivity index (χ1v) is 6.64. The smallest absolute Gasteiger partial charge is 0.335 e. The van der Waals surface area contributed by atoms with Crippen molar-refractivity contribution in [2.75, 3.05) is 13.7 Å². The molecule has 0 heterocycles. The molecule has 1 N–H and O–H groups in total. The number of hydrogen-bond acceptors (Lipinski definition) is 4. The van der Waals surface area contributed by atoms with Gasteiger partial charge in [-0.15, -0.1) is 0 Å². The van der Waals surface area contributed by atoms with Crippen LogP contribution in [0.15, 0.2) is 24.3 Å². The van der Waals surface area contributed by atoms with Gasteiger partial charge in [-0.2, -0.15) is 0 Å². The van der Waals surface area contributed by atoms with Crippen LogP contribution in [0.2, 0.25) is 0 Å². The third-order valence-corrected chi connectivity index (χ3v) is 3.92. The zero-order chi connectivity index (χ0) is 13.9. The lowest BCUT2D eigenvalue weighted by Gasteiger charge is -2.45. The third kappa shape index (κ3) is 2.32. The van der Waals surface area contributed by atoms with Crippen molar-refractivity contribution >= 4 is 5.97 Å². The normalized spacial score (nSPS) is 18.3. The molecule has 0 aliphatic heterocycles. The predicted octanol–water partition coefficient (Wildman–Crippen LogP) is 2.04. The molecule has 0 aromatic heterocycles. The highest BCUT2D eigenvalue weighted by Gasteiger charge is 2.50. The van der Waals surface area contributed by atoms with Crippen LogP contribution in [0.1, 0.15) is 31.7 Å². The van der Waals surface area contributed by atoms with E-state index in [0.717, 1.165) is 24.8 Å². The van der Waals surface area contributed by atoms with Crippen LogP contribution in [-0.2, 0) is 14.9 Å². The second kappa shape index (κ2) is 5.61. The van der Waals surface area contributed by atoms with Crippen molar-refractivity contribution in [1.82, 2.24) is 0 Å². The summed E-state index contributed by atoms with van der Waals surface area (Å²) in [5, 5.41) is 10.4. The maximum absolute atomic E-state index is 11.8. The summed E-state index contributed by atoms with van der Waals surface area (Å²) in [5.41, 5.74) is 0.336. The zero-order valence-electron chi connectivity index (χ0n) is 11.4. The highest BCUT2D eigenvalue weighted by Crippen LogP contribution is 2.49. The van der Waals surface area contributed by atoms with E-state index >= 15 is 0 Å². The summed E-state index contributed by atoms with van der Waals surface area (Å²) in [6.45, 7) is 2.01. The monoisotopic (exact) mass is 264 g/mol. The maximum atomic E-state index is 11.8. The Morgan fingerprint density at radius 3 is 2.63 bits per heavy atom. The Morgan fingerprint density at radius 1 is 1.42 bits per heavy atom. The number of rotatable bonds is 5. The number of carbonyl (C=O) groups excluding carboxylic acids is 1. The van der Waals surface area contributed by atoms with Gasteiger partial charge in [0.25, 0.3) is 0 Å². The summed E-state index contributed by atoms with van der Waals surface area (Å²) >= 11 is 0. The minimum Gasteiger partial charge on any atom is -0.496 e. The average Bonchev–Trinajstić information content (AvgIpc) is 2.38. The molecule has 1 aliphatic rings. The van der Waals surface area contributed by atoms with E-state index in [1.165, 1.54) is 0 Å². The minimum atomic E-state index is -1.13. The molecule has 1 aliphatic carbocycles. The highest BCUT2D eigenvalue weighted by molar-refractivity contribution is 5.77. The van der Waals surface area contributed by atoms with E-state index in [4.69, 9.17) is 9.47 Å². The quantitative estimate of drug-likeness (QED) is 0.827. The number of hydrogen-bond donors (Lipinski definition) is 1. The largest absolute Gasteiger partial charge is 0.496 e. The van der Waals surface area contributed by atoms with E-state index < -0.39 is 17.5 Å². The Morgan fingerprint density at radius 2 is 2.11 bits per heavy atom. The van der Waals surface area contributed by atoms with Gasteiger partial charge < -0.3 is 14.6 Å². The Labute approximate surface area is 113 Å². The molecule has 0 bridgehead atoms. The molecule has 0 radical (unpaired) electrons.